The van der Waals surface area contributed by atoms with Crippen LogP contribution in [0.2, 0.25) is 0 Å². The molecule has 0 unspecified atom stereocenters. The number of para-hydroxylation sites is 1. The van der Waals surface area contributed by atoms with Gasteiger partial charge in [0.25, 0.3) is 10.2 Å². The molecule has 0 aliphatic carbocycles. The molecule has 13 heteroatoms. The van der Waals surface area contributed by atoms with Crippen LogP contribution < -0.4 is 9.86 Å². The number of carboxylic acids is 1. The van der Waals surface area contributed by atoms with Crippen molar-refractivity contribution in [2.45, 2.75) is 63.6 Å². The number of phenolic OH excluding ortho intramolecular Hbond substituents is 1. The van der Waals surface area contributed by atoms with E-state index in [1.807, 2.05) is 11.8 Å². The van der Waals surface area contributed by atoms with Gasteiger partial charge in [-0.3, -0.25) is 9.69 Å². The van der Waals surface area contributed by atoms with E-state index in [1.165, 1.54) is 23.6 Å². The summed E-state index contributed by atoms with van der Waals surface area (Å²) in [4.78, 5) is 28.5. The maximum atomic E-state index is 12.4. The number of phenols is 1. The molecule has 1 amide bonds. The van der Waals surface area contributed by atoms with Crippen LogP contribution >= 0.6 is 11.8 Å². The Balaban J connectivity index is 1.87. The molecule has 1 aromatic carbocycles. The maximum Gasteiger partial charge on any atom is 0.353 e. The number of aliphatic hydroxyl groups excluding tert-OH is 1. The number of likely N-dealkylation sites (tertiary alicyclic amines) is 1. The number of nitrogens with zero attached hydrogens (tertiary/aromatic N) is 2. The quantitative estimate of drug-likeness (QED) is 0.286. The predicted molar refractivity (Wildman–Crippen MR) is 136 cm³/mol. The van der Waals surface area contributed by atoms with Crippen LogP contribution in [0.15, 0.2) is 34.9 Å². The first-order valence-corrected chi connectivity index (χ1v) is 14.1. The lowest BCUT2D eigenvalue weighted by molar-refractivity contribution is -0.140. The van der Waals surface area contributed by atoms with E-state index in [4.69, 9.17) is 5.14 Å². The molecule has 0 radical (unpaired) electrons. The highest BCUT2D eigenvalue weighted by Crippen LogP contribution is 2.46. The fraction of sp³-hybridized carbons (Fsp3) is 0.565. The summed E-state index contributed by atoms with van der Waals surface area (Å²) in [5.74, 6) is -1.77. The zero-order valence-electron chi connectivity index (χ0n) is 20.5. The summed E-state index contributed by atoms with van der Waals surface area (Å²) in [6.45, 7) is 5.71. The third-order valence-corrected chi connectivity index (χ3v) is 8.65. The topological polar surface area (TPSA) is 173 Å². The smallest absolute Gasteiger partial charge is 0.353 e. The van der Waals surface area contributed by atoms with Gasteiger partial charge >= 0.3 is 5.97 Å². The second kappa shape index (κ2) is 11.5. The highest BCUT2D eigenvalue weighted by Gasteiger charge is 2.45. The molecule has 6 N–H and O–H groups in total. The molecule has 1 saturated heterocycles. The number of aliphatic hydroxyl groups is 1. The van der Waals surface area contributed by atoms with Crippen molar-refractivity contribution in [3.63, 3.8) is 0 Å². The van der Waals surface area contributed by atoms with E-state index >= 15 is 0 Å². The normalized spacial score (nSPS) is 26.0. The number of nitrogens with two attached hydrogens (primary N) is 1. The molecule has 11 nitrogen and oxygen atoms in total. The number of carboxylic acid groups (broad SMARTS) is 1. The minimum Gasteiger partial charge on any atom is -0.508 e. The monoisotopic (exact) mass is 542 g/mol. The van der Waals surface area contributed by atoms with E-state index in [2.05, 4.69) is 4.72 Å². The number of hydrogen-bond donors (Lipinski definition) is 5. The van der Waals surface area contributed by atoms with Gasteiger partial charge in [0.1, 0.15) is 11.4 Å². The third kappa shape index (κ3) is 6.78. The Kier molecular flexibility index (Phi) is 9.06. The number of carbonyl (C=O) groups excluding carboxylic acids is 1. The van der Waals surface area contributed by atoms with Crippen molar-refractivity contribution in [2.24, 2.45) is 11.1 Å². The lowest BCUT2D eigenvalue weighted by Crippen LogP contribution is -2.42. The van der Waals surface area contributed by atoms with Crippen LogP contribution in [0.5, 0.6) is 5.75 Å². The van der Waals surface area contributed by atoms with Gasteiger partial charge in [-0.1, -0.05) is 25.1 Å². The molecule has 3 rings (SSSR count). The SMILES string of the molecule is CC(=O)N1C(C(=O)O)=C(S[C@H]2C[C@@H](CNS(N)(=O)=O)N(Cc3ccccc3O)C2)[C@H](C)[C@@H]1C[C@@H](C)O. The Labute approximate surface area is 215 Å². The Morgan fingerprint density at radius 1 is 1.31 bits per heavy atom. The van der Waals surface area contributed by atoms with Crippen LogP contribution in [0.1, 0.15) is 39.2 Å². The van der Waals surface area contributed by atoms with Crippen LogP contribution in [-0.2, 0) is 26.3 Å². The van der Waals surface area contributed by atoms with Gasteiger partial charge in [-0.05, 0) is 25.8 Å². The third-order valence-electron chi connectivity index (χ3n) is 6.59. The van der Waals surface area contributed by atoms with Gasteiger partial charge in [0.2, 0.25) is 5.91 Å². The van der Waals surface area contributed by atoms with Gasteiger partial charge in [0, 0.05) is 60.3 Å². The Morgan fingerprint density at radius 2 is 1.97 bits per heavy atom. The molecule has 1 aromatic rings. The minimum atomic E-state index is -3.91. The second-order valence-corrected chi connectivity index (χ2v) is 12.1. The second-order valence-electron chi connectivity index (χ2n) is 9.43. The summed E-state index contributed by atoms with van der Waals surface area (Å²) >= 11 is 1.38. The lowest BCUT2D eigenvalue weighted by Gasteiger charge is -2.28. The molecule has 200 valence electrons. The average Bonchev–Trinajstić information content (AvgIpc) is 3.26. The Morgan fingerprint density at radius 3 is 2.53 bits per heavy atom. The molecular formula is C23H34N4O7S2. The van der Waals surface area contributed by atoms with E-state index in [0.717, 1.165) is 0 Å². The van der Waals surface area contributed by atoms with Crippen molar-refractivity contribution in [1.82, 2.24) is 14.5 Å². The minimum absolute atomic E-state index is 0.0636. The molecule has 5 atom stereocenters. The van der Waals surface area contributed by atoms with Crippen molar-refractivity contribution in [1.29, 1.82) is 0 Å². The summed E-state index contributed by atoms with van der Waals surface area (Å²) in [5, 5.41) is 35.2. The summed E-state index contributed by atoms with van der Waals surface area (Å²) in [7, 11) is -3.91. The van der Waals surface area contributed by atoms with Crippen molar-refractivity contribution in [3.8, 4) is 5.75 Å². The van der Waals surface area contributed by atoms with E-state index in [1.54, 1.807) is 31.2 Å². The number of rotatable bonds is 10. The number of hydrogen-bond acceptors (Lipinski definition) is 8. The molecule has 2 aliphatic rings. The van der Waals surface area contributed by atoms with Crippen LogP contribution in [-0.4, -0.2) is 81.9 Å². The number of nitrogens with one attached hydrogen (secondary N) is 1. The van der Waals surface area contributed by atoms with Gasteiger partial charge in [-0.25, -0.2) is 14.7 Å². The summed E-state index contributed by atoms with van der Waals surface area (Å²) in [6.07, 6.45) is 0.0605. The molecule has 36 heavy (non-hydrogen) atoms. The van der Waals surface area contributed by atoms with Gasteiger partial charge < -0.3 is 20.2 Å². The van der Waals surface area contributed by atoms with Crippen molar-refractivity contribution >= 4 is 33.8 Å². The molecule has 0 bridgehead atoms. The molecule has 0 saturated carbocycles. The largest absolute Gasteiger partial charge is 0.508 e. The molecule has 2 heterocycles. The number of benzene rings is 1. The van der Waals surface area contributed by atoms with Crippen LogP contribution in [0.3, 0.4) is 0 Å². The molecule has 2 aliphatic heterocycles. The molecular weight excluding hydrogens is 508 g/mol. The van der Waals surface area contributed by atoms with Crippen LogP contribution in [0.25, 0.3) is 0 Å². The maximum absolute atomic E-state index is 12.4. The average molecular weight is 543 g/mol. The number of amides is 1. The number of thioether (sulfide) groups is 1. The van der Waals surface area contributed by atoms with Crippen LogP contribution in [0.4, 0.5) is 0 Å². The van der Waals surface area contributed by atoms with Crippen molar-refractivity contribution in [2.75, 3.05) is 13.1 Å². The summed E-state index contributed by atoms with van der Waals surface area (Å²) in [6, 6.07) is 6.16. The van der Waals surface area contributed by atoms with Crippen molar-refractivity contribution in [3.05, 3.63) is 40.4 Å². The zero-order chi connectivity index (χ0) is 26.8. The highest BCUT2D eigenvalue weighted by molar-refractivity contribution is 8.03. The fourth-order valence-corrected chi connectivity index (χ4v) is 7.04. The molecule has 1 fully saturated rings. The predicted octanol–water partition coefficient (Wildman–Crippen LogP) is 0.795. The van der Waals surface area contributed by atoms with Crippen molar-refractivity contribution < 1.29 is 33.3 Å². The number of aliphatic carboxylic acids is 1. The van der Waals surface area contributed by atoms with E-state index in [-0.39, 0.29) is 41.6 Å². The summed E-state index contributed by atoms with van der Waals surface area (Å²) in [5.41, 5.74) is 0.618. The first kappa shape index (κ1) is 28.4. The number of aromatic hydroxyl groups is 1. The van der Waals surface area contributed by atoms with Gasteiger partial charge in [-0.15, -0.1) is 11.8 Å². The highest BCUT2D eigenvalue weighted by atomic mass is 32.2. The molecule has 0 aromatic heterocycles. The van der Waals surface area contributed by atoms with E-state index < -0.39 is 34.2 Å². The number of carbonyl (C=O) groups is 2. The van der Waals surface area contributed by atoms with E-state index in [0.29, 0.717) is 30.0 Å². The fourth-order valence-electron chi connectivity index (χ4n) is 5.00. The first-order chi connectivity index (χ1) is 16.8. The molecule has 0 spiro atoms. The standard InChI is InChI=1S/C23H34N4O7S2/c1-13(28)8-19-14(2)22(21(23(31)32)27(19)15(3)29)35-18-9-17(10-25-36(24,33)34)26(12-18)11-16-6-4-5-7-20(16)30/h4-7,13-14,17-19,25,28,30H,8-12H2,1-3H3,(H,31,32)(H2,24,33,34)/t13-,14-,17+,18+,19+/m1/s1. The lowest BCUT2D eigenvalue weighted by atomic mass is 9.98. The zero-order valence-corrected chi connectivity index (χ0v) is 22.1. The summed E-state index contributed by atoms with van der Waals surface area (Å²) < 4.78 is 25.4. The Bertz CT molecular complexity index is 1130. The van der Waals surface area contributed by atoms with Gasteiger partial charge in [0.15, 0.2) is 0 Å². The van der Waals surface area contributed by atoms with Crippen LogP contribution in [0, 0.1) is 5.92 Å². The van der Waals surface area contributed by atoms with E-state index in [9.17, 15) is 33.3 Å². The van der Waals surface area contributed by atoms with Gasteiger partial charge in [-0.2, -0.15) is 8.42 Å². The van der Waals surface area contributed by atoms with Gasteiger partial charge in [0.05, 0.1) is 6.10 Å². The Hall–Kier alpha value is -2.16. The first-order valence-electron chi connectivity index (χ1n) is 11.7.